The summed E-state index contributed by atoms with van der Waals surface area (Å²) in [4.78, 5) is 37.0. The third kappa shape index (κ3) is 4.92. The highest BCUT2D eigenvalue weighted by Crippen LogP contribution is 2.03. The first kappa shape index (κ1) is 15.4. The van der Waals surface area contributed by atoms with Gasteiger partial charge in [0.05, 0.1) is 6.42 Å². The van der Waals surface area contributed by atoms with E-state index in [0.717, 1.165) is 11.1 Å². The van der Waals surface area contributed by atoms with Crippen molar-refractivity contribution in [2.24, 2.45) is 5.73 Å². The Kier molecular flexibility index (Phi) is 5.45. The fraction of sp³-hybridized carbons (Fsp3) is 0.333. The van der Waals surface area contributed by atoms with Crippen molar-refractivity contribution >= 4 is 17.9 Å². The summed E-state index contributed by atoms with van der Waals surface area (Å²) >= 11 is 0. The molecule has 0 bridgehead atoms. The highest BCUT2D eigenvalue weighted by atomic mass is 16.4. The van der Waals surface area contributed by atoms with Crippen molar-refractivity contribution < 1.29 is 19.5 Å². The van der Waals surface area contributed by atoms with Crippen molar-refractivity contribution in [3.8, 4) is 0 Å². The molecule has 0 spiro atoms. The molecule has 8 heteroatoms. The molecule has 1 aromatic heterocycles. The van der Waals surface area contributed by atoms with Crippen molar-refractivity contribution in [2.45, 2.75) is 25.9 Å². The maximum atomic E-state index is 11.6. The molecule has 0 aromatic carbocycles. The molecule has 0 aliphatic rings. The van der Waals surface area contributed by atoms with Crippen LogP contribution in [0.5, 0.6) is 0 Å². The largest absolute Gasteiger partial charge is 0.480 e. The zero-order valence-electron chi connectivity index (χ0n) is 10.9. The Hall–Kier alpha value is -2.64. The van der Waals surface area contributed by atoms with E-state index >= 15 is 0 Å². The van der Waals surface area contributed by atoms with Crippen LogP contribution >= 0.6 is 0 Å². The monoisotopic (exact) mass is 280 g/mol. The summed E-state index contributed by atoms with van der Waals surface area (Å²) in [7, 11) is 0. The number of rotatable bonds is 6. The Labute approximate surface area is 115 Å². The van der Waals surface area contributed by atoms with Crippen LogP contribution < -0.4 is 16.4 Å². The van der Waals surface area contributed by atoms with Crippen LogP contribution in [0.25, 0.3) is 0 Å². The standard InChI is InChI=1S/C12H16N4O4/c1-7-2-3-14-5-8(7)6-15-12(20)16-9(11(18)19)4-10(13)17/h2-3,5,9H,4,6H2,1H3,(H2,13,17)(H,18,19)(H2,15,16,20). The van der Waals surface area contributed by atoms with Gasteiger partial charge in [-0.3, -0.25) is 9.78 Å². The number of carbonyl (C=O) groups is 3. The highest BCUT2D eigenvalue weighted by molar-refractivity contribution is 5.87. The minimum absolute atomic E-state index is 0.203. The van der Waals surface area contributed by atoms with E-state index in [4.69, 9.17) is 10.8 Å². The number of nitrogens with two attached hydrogens (primary N) is 1. The Morgan fingerprint density at radius 1 is 1.45 bits per heavy atom. The molecule has 1 aromatic rings. The van der Waals surface area contributed by atoms with E-state index in [0.29, 0.717) is 0 Å². The number of urea groups is 1. The quantitative estimate of drug-likeness (QED) is 0.558. The molecule has 108 valence electrons. The van der Waals surface area contributed by atoms with Crippen LogP contribution in [-0.2, 0) is 16.1 Å². The first-order valence-corrected chi connectivity index (χ1v) is 5.85. The SMILES string of the molecule is Cc1ccncc1CNC(=O)NC(CC(N)=O)C(=O)O. The average Bonchev–Trinajstić information content (AvgIpc) is 2.36. The molecule has 3 amide bonds. The van der Waals surface area contributed by atoms with Gasteiger partial charge in [-0.2, -0.15) is 0 Å². The zero-order chi connectivity index (χ0) is 15.1. The summed E-state index contributed by atoms with van der Waals surface area (Å²) in [6.45, 7) is 2.07. The van der Waals surface area contributed by atoms with Crippen LogP contribution in [0.2, 0.25) is 0 Å². The summed E-state index contributed by atoms with van der Waals surface area (Å²) in [5.74, 6) is -2.13. The maximum absolute atomic E-state index is 11.6. The smallest absolute Gasteiger partial charge is 0.326 e. The van der Waals surface area contributed by atoms with Gasteiger partial charge >= 0.3 is 12.0 Å². The van der Waals surface area contributed by atoms with E-state index in [-0.39, 0.29) is 6.54 Å². The van der Waals surface area contributed by atoms with Crippen LogP contribution in [0.1, 0.15) is 17.5 Å². The molecule has 1 heterocycles. The van der Waals surface area contributed by atoms with Gasteiger partial charge in [0, 0.05) is 18.9 Å². The first-order chi connectivity index (χ1) is 9.40. The summed E-state index contributed by atoms with van der Waals surface area (Å²) in [5.41, 5.74) is 6.67. The van der Waals surface area contributed by atoms with E-state index in [2.05, 4.69) is 15.6 Å². The number of aliphatic carboxylic acids is 1. The van der Waals surface area contributed by atoms with E-state index in [1.807, 2.05) is 6.92 Å². The molecule has 5 N–H and O–H groups in total. The molecule has 1 unspecified atom stereocenters. The number of aryl methyl sites for hydroxylation is 1. The van der Waals surface area contributed by atoms with E-state index in [1.165, 1.54) is 0 Å². The Morgan fingerprint density at radius 2 is 2.15 bits per heavy atom. The number of nitrogens with one attached hydrogen (secondary N) is 2. The number of hydrogen-bond acceptors (Lipinski definition) is 4. The minimum atomic E-state index is -1.34. The lowest BCUT2D eigenvalue weighted by atomic mass is 10.1. The van der Waals surface area contributed by atoms with Gasteiger partial charge in [0.25, 0.3) is 0 Å². The van der Waals surface area contributed by atoms with Crippen LogP contribution in [0, 0.1) is 6.92 Å². The fourth-order valence-electron chi connectivity index (χ4n) is 1.47. The van der Waals surface area contributed by atoms with Crippen molar-refractivity contribution in [3.63, 3.8) is 0 Å². The molecule has 0 radical (unpaired) electrons. The van der Waals surface area contributed by atoms with Crippen LogP contribution in [0.3, 0.4) is 0 Å². The minimum Gasteiger partial charge on any atom is -0.480 e. The van der Waals surface area contributed by atoms with Gasteiger partial charge in [-0.25, -0.2) is 9.59 Å². The normalized spacial score (nSPS) is 11.4. The highest BCUT2D eigenvalue weighted by Gasteiger charge is 2.21. The van der Waals surface area contributed by atoms with Gasteiger partial charge < -0.3 is 21.5 Å². The van der Waals surface area contributed by atoms with Crippen molar-refractivity contribution in [1.82, 2.24) is 15.6 Å². The lowest BCUT2D eigenvalue weighted by molar-refractivity contribution is -0.140. The number of hydrogen-bond donors (Lipinski definition) is 4. The fourth-order valence-corrected chi connectivity index (χ4v) is 1.47. The topological polar surface area (TPSA) is 134 Å². The van der Waals surface area contributed by atoms with Gasteiger partial charge in [0.1, 0.15) is 6.04 Å². The van der Waals surface area contributed by atoms with Crippen molar-refractivity contribution in [1.29, 1.82) is 0 Å². The van der Waals surface area contributed by atoms with Crippen molar-refractivity contribution in [2.75, 3.05) is 0 Å². The third-order valence-electron chi connectivity index (χ3n) is 2.60. The van der Waals surface area contributed by atoms with Gasteiger partial charge in [0.15, 0.2) is 0 Å². The molecule has 0 aliphatic heterocycles. The Bertz CT molecular complexity index is 518. The lowest BCUT2D eigenvalue weighted by Gasteiger charge is -2.14. The average molecular weight is 280 g/mol. The molecule has 0 aliphatic carbocycles. The summed E-state index contributed by atoms with van der Waals surface area (Å²) in [6, 6.07) is -0.244. The number of amides is 3. The summed E-state index contributed by atoms with van der Waals surface area (Å²) in [6.07, 6.45) is 2.77. The van der Waals surface area contributed by atoms with E-state index in [9.17, 15) is 14.4 Å². The van der Waals surface area contributed by atoms with Crippen molar-refractivity contribution in [3.05, 3.63) is 29.6 Å². The zero-order valence-corrected chi connectivity index (χ0v) is 10.9. The summed E-state index contributed by atoms with van der Waals surface area (Å²) < 4.78 is 0. The molecular weight excluding hydrogens is 264 g/mol. The number of carbonyl (C=O) groups excluding carboxylic acids is 2. The second-order valence-corrected chi connectivity index (χ2v) is 4.19. The van der Waals surface area contributed by atoms with E-state index < -0.39 is 30.4 Å². The number of nitrogens with zero attached hydrogens (tertiary/aromatic N) is 1. The second-order valence-electron chi connectivity index (χ2n) is 4.19. The Balaban J connectivity index is 2.52. The number of carboxylic acid groups (broad SMARTS) is 1. The predicted molar refractivity (Wildman–Crippen MR) is 69.6 cm³/mol. The third-order valence-corrected chi connectivity index (χ3v) is 2.60. The lowest BCUT2D eigenvalue weighted by Crippen LogP contribution is -2.47. The van der Waals surface area contributed by atoms with Gasteiger partial charge in [-0.05, 0) is 24.1 Å². The molecule has 0 saturated heterocycles. The van der Waals surface area contributed by atoms with Gasteiger partial charge in [0.2, 0.25) is 5.91 Å². The molecule has 0 fully saturated rings. The van der Waals surface area contributed by atoms with E-state index in [1.54, 1.807) is 18.5 Å². The number of pyridine rings is 1. The van der Waals surface area contributed by atoms with Crippen LogP contribution in [-0.4, -0.2) is 34.0 Å². The predicted octanol–water partition coefficient (Wildman–Crippen LogP) is -0.482. The first-order valence-electron chi connectivity index (χ1n) is 5.85. The molecule has 1 rings (SSSR count). The van der Waals surface area contributed by atoms with Gasteiger partial charge in [-0.15, -0.1) is 0 Å². The number of primary amides is 1. The summed E-state index contributed by atoms with van der Waals surface area (Å²) in [5, 5.41) is 13.5. The maximum Gasteiger partial charge on any atom is 0.326 e. The second kappa shape index (κ2) is 7.07. The molecule has 0 saturated carbocycles. The molecule has 20 heavy (non-hydrogen) atoms. The molecule has 8 nitrogen and oxygen atoms in total. The van der Waals surface area contributed by atoms with Crippen LogP contribution in [0.15, 0.2) is 18.5 Å². The molecular formula is C12H16N4O4. The number of carboxylic acids is 1. The van der Waals surface area contributed by atoms with Gasteiger partial charge in [-0.1, -0.05) is 0 Å². The Morgan fingerprint density at radius 3 is 2.70 bits per heavy atom. The number of aromatic nitrogens is 1. The molecule has 1 atom stereocenters. The van der Waals surface area contributed by atoms with Crippen LogP contribution in [0.4, 0.5) is 4.79 Å².